The molecule has 1 aromatic carbocycles. The van der Waals surface area contributed by atoms with E-state index in [9.17, 15) is 14.4 Å². The van der Waals surface area contributed by atoms with Gasteiger partial charge < -0.3 is 29.0 Å². The summed E-state index contributed by atoms with van der Waals surface area (Å²) in [6, 6.07) is 7.99. The summed E-state index contributed by atoms with van der Waals surface area (Å²) >= 11 is 5.97. The number of hydrogen-bond donors (Lipinski definition) is 1. The summed E-state index contributed by atoms with van der Waals surface area (Å²) in [5.41, 5.74) is 0.948. The zero-order chi connectivity index (χ0) is 26.1. The number of methoxy groups -OCH3 is 1. The lowest BCUT2D eigenvalue weighted by Crippen LogP contribution is -2.45. The van der Waals surface area contributed by atoms with Crippen molar-refractivity contribution in [2.75, 3.05) is 27.1 Å². The van der Waals surface area contributed by atoms with Crippen LogP contribution in [0, 0.1) is 5.92 Å². The summed E-state index contributed by atoms with van der Waals surface area (Å²) < 4.78 is 26.8. The Hall–Kier alpha value is -3.37. The minimum Gasteiger partial charge on any atom is -0.493 e. The van der Waals surface area contributed by atoms with Crippen molar-refractivity contribution >= 4 is 29.4 Å². The third kappa shape index (κ3) is 7.82. The van der Waals surface area contributed by atoms with E-state index in [1.807, 2.05) is 31.2 Å². The van der Waals surface area contributed by atoms with Gasteiger partial charge in [0.1, 0.15) is 0 Å². The van der Waals surface area contributed by atoms with Crippen molar-refractivity contribution in [3.63, 3.8) is 0 Å². The molecule has 3 atom stereocenters. The molecular weight excluding hydrogens is 492 g/mol. The first-order chi connectivity index (χ1) is 17.3. The van der Waals surface area contributed by atoms with Gasteiger partial charge in [0.2, 0.25) is 6.79 Å². The van der Waals surface area contributed by atoms with Gasteiger partial charge in [-0.05, 0) is 43.4 Å². The maximum absolute atomic E-state index is 13.1. The maximum atomic E-state index is 13.1. The molecule has 0 aliphatic carbocycles. The fraction of sp³-hybridized carbons (Fsp3) is 0.440. The Bertz CT molecular complexity index is 1060. The Morgan fingerprint density at radius 2 is 1.94 bits per heavy atom. The van der Waals surface area contributed by atoms with Crippen molar-refractivity contribution in [1.82, 2.24) is 10.3 Å². The number of amides is 1. The molecule has 1 fully saturated rings. The number of pyridine rings is 1. The molecule has 11 heteroatoms. The average Bonchev–Trinajstić information content (AvgIpc) is 2.89. The zero-order valence-corrected chi connectivity index (χ0v) is 21.1. The number of nitrogens with zero attached hydrogens (tertiary/aromatic N) is 1. The summed E-state index contributed by atoms with van der Waals surface area (Å²) in [6.07, 6.45) is 2.30. The van der Waals surface area contributed by atoms with E-state index in [0.29, 0.717) is 18.1 Å². The van der Waals surface area contributed by atoms with Crippen LogP contribution in [0.1, 0.15) is 36.3 Å². The molecule has 1 aliphatic heterocycles. The monoisotopic (exact) mass is 520 g/mol. The first-order valence-corrected chi connectivity index (χ1v) is 11.8. The van der Waals surface area contributed by atoms with Crippen LogP contribution in [-0.2, 0) is 30.2 Å². The van der Waals surface area contributed by atoms with Crippen molar-refractivity contribution in [1.29, 1.82) is 0 Å². The minimum atomic E-state index is -1.07. The summed E-state index contributed by atoms with van der Waals surface area (Å²) in [5, 5.41) is 3.27. The Morgan fingerprint density at radius 3 is 2.64 bits per heavy atom. The molecule has 0 radical (unpaired) electrons. The van der Waals surface area contributed by atoms with Crippen molar-refractivity contribution < 1.29 is 38.1 Å². The van der Waals surface area contributed by atoms with E-state index in [4.69, 9.17) is 35.3 Å². The molecule has 1 aliphatic rings. The Morgan fingerprint density at radius 1 is 1.19 bits per heavy atom. The van der Waals surface area contributed by atoms with Crippen molar-refractivity contribution in [2.45, 2.75) is 38.8 Å². The number of carbonyl (C=O) groups excluding carboxylic acids is 3. The lowest BCUT2D eigenvalue weighted by atomic mass is 9.95. The van der Waals surface area contributed by atoms with Gasteiger partial charge >= 0.3 is 11.9 Å². The average molecular weight is 521 g/mol. The molecule has 2 aromatic rings. The second-order valence-electron chi connectivity index (χ2n) is 8.33. The summed E-state index contributed by atoms with van der Waals surface area (Å²) in [6.45, 7) is 2.88. The van der Waals surface area contributed by atoms with E-state index in [1.165, 1.54) is 26.3 Å². The van der Waals surface area contributed by atoms with E-state index < -0.39 is 30.7 Å². The molecule has 1 N–H and O–H groups in total. The predicted molar refractivity (Wildman–Crippen MR) is 129 cm³/mol. The highest BCUT2D eigenvalue weighted by Crippen LogP contribution is 2.29. The van der Waals surface area contributed by atoms with Crippen LogP contribution in [0.4, 0.5) is 0 Å². The van der Waals surface area contributed by atoms with Crippen molar-refractivity contribution in [3.05, 3.63) is 52.8 Å². The lowest BCUT2D eigenvalue weighted by Gasteiger charge is -2.20. The third-order valence-electron chi connectivity index (χ3n) is 5.42. The topological polar surface area (TPSA) is 122 Å². The second kappa shape index (κ2) is 13.1. The first-order valence-electron chi connectivity index (χ1n) is 11.4. The van der Waals surface area contributed by atoms with Gasteiger partial charge in [0.05, 0.1) is 19.8 Å². The minimum absolute atomic E-state index is 0.0347. The number of benzene rings is 1. The molecule has 1 aromatic heterocycles. The Labute approximate surface area is 214 Å². The molecule has 10 nitrogen and oxygen atoms in total. The number of aromatic nitrogens is 1. The van der Waals surface area contributed by atoms with Gasteiger partial charge in [-0.3, -0.25) is 9.59 Å². The summed E-state index contributed by atoms with van der Waals surface area (Å²) in [5.74, 6) is -1.61. The molecule has 2 unspecified atom stereocenters. The van der Waals surface area contributed by atoms with Crippen LogP contribution in [0.15, 0.2) is 36.5 Å². The van der Waals surface area contributed by atoms with Gasteiger partial charge in [-0.1, -0.05) is 23.7 Å². The third-order valence-corrected chi connectivity index (χ3v) is 5.67. The van der Waals surface area contributed by atoms with E-state index in [0.717, 1.165) is 12.0 Å². The lowest BCUT2D eigenvalue weighted by molar-refractivity contribution is -0.151. The van der Waals surface area contributed by atoms with E-state index in [-0.39, 0.29) is 35.8 Å². The highest BCUT2D eigenvalue weighted by molar-refractivity contribution is 6.30. The highest BCUT2D eigenvalue weighted by Gasteiger charge is 2.30. The molecule has 36 heavy (non-hydrogen) atoms. The fourth-order valence-corrected chi connectivity index (χ4v) is 3.90. The smallest absolute Gasteiger partial charge is 0.331 e. The maximum Gasteiger partial charge on any atom is 0.331 e. The molecule has 1 saturated heterocycles. The number of carbonyl (C=O) groups is 3. The van der Waals surface area contributed by atoms with Crippen LogP contribution in [0.25, 0.3) is 0 Å². The van der Waals surface area contributed by atoms with Crippen LogP contribution >= 0.6 is 11.6 Å². The molecule has 0 bridgehead atoms. The molecule has 1 amide bonds. The SMILES string of the molecule is COc1ccnc(C(=O)N[C@H]2COCC(Cc3ccc(Cl)cc3)CC(C)OC2=O)c1OCOC(C)=O. The van der Waals surface area contributed by atoms with Gasteiger partial charge in [0.25, 0.3) is 5.91 Å². The van der Waals surface area contributed by atoms with Crippen LogP contribution in [0.2, 0.25) is 5.02 Å². The van der Waals surface area contributed by atoms with Gasteiger partial charge in [0, 0.05) is 30.8 Å². The number of esters is 2. The predicted octanol–water partition coefficient (Wildman–Crippen LogP) is 2.95. The molecule has 0 saturated carbocycles. The number of cyclic esters (lactones) is 1. The van der Waals surface area contributed by atoms with Crippen LogP contribution in [-0.4, -0.2) is 62.1 Å². The number of ether oxygens (including phenoxy) is 5. The van der Waals surface area contributed by atoms with Gasteiger partial charge in [0.15, 0.2) is 23.2 Å². The highest BCUT2D eigenvalue weighted by atomic mass is 35.5. The van der Waals surface area contributed by atoms with E-state index in [1.54, 1.807) is 0 Å². The van der Waals surface area contributed by atoms with Crippen molar-refractivity contribution in [3.8, 4) is 11.5 Å². The normalized spacial score (nSPS) is 20.2. The van der Waals surface area contributed by atoms with E-state index >= 15 is 0 Å². The number of hydrogen-bond acceptors (Lipinski definition) is 9. The van der Waals surface area contributed by atoms with E-state index in [2.05, 4.69) is 10.3 Å². The molecule has 194 valence electrons. The molecule has 0 spiro atoms. The molecule has 2 heterocycles. The van der Waals surface area contributed by atoms with Crippen molar-refractivity contribution in [2.24, 2.45) is 5.92 Å². The zero-order valence-electron chi connectivity index (χ0n) is 20.3. The number of rotatable bonds is 8. The van der Waals surface area contributed by atoms with Gasteiger partial charge in [-0.2, -0.15) is 0 Å². The van der Waals surface area contributed by atoms with Gasteiger partial charge in [-0.25, -0.2) is 9.78 Å². The van der Waals surface area contributed by atoms with Crippen LogP contribution in [0.3, 0.4) is 0 Å². The largest absolute Gasteiger partial charge is 0.493 e. The summed E-state index contributed by atoms with van der Waals surface area (Å²) in [7, 11) is 1.39. The van der Waals surface area contributed by atoms with Gasteiger partial charge in [-0.15, -0.1) is 0 Å². The Balaban J connectivity index is 1.69. The van der Waals surface area contributed by atoms with Crippen LogP contribution in [0.5, 0.6) is 11.5 Å². The molecular formula is C25H29ClN2O8. The first kappa shape index (κ1) is 27.2. The standard InChI is InChI=1S/C25H29ClN2O8/c1-15-10-18(11-17-4-6-19(26)7-5-17)12-33-13-20(25(31)36-15)28-24(30)22-23(35-14-34-16(2)29)21(32-3)8-9-27-22/h4-9,15,18,20H,10-14H2,1-3H3,(H,28,30)/t15?,18?,20-/m0/s1. The van der Waals surface area contributed by atoms with Crippen LogP contribution < -0.4 is 14.8 Å². The molecule has 3 rings (SSSR count). The second-order valence-corrected chi connectivity index (χ2v) is 8.77. The number of nitrogens with one attached hydrogen (secondary N) is 1. The quantitative estimate of drug-likeness (QED) is 0.413. The Kier molecular flexibility index (Phi) is 9.89. The summed E-state index contributed by atoms with van der Waals surface area (Å²) in [4.78, 5) is 41.0. The number of halogens is 1. The fourth-order valence-electron chi connectivity index (χ4n) is 3.77.